The molecule has 14 heavy (non-hydrogen) atoms. The van der Waals surface area contributed by atoms with Crippen molar-refractivity contribution in [3.63, 3.8) is 0 Å². The summed E-state index contributed by atoms with van der Waals surface area (Å²) in [5.41, 5.74) is -0.403. The molecule has 0 atom stereocenters. The quantitative estimate of drug-likeness (QED) is 0.649. The number of rotatable bonds is 5. The van der Waals surface area contributed by atoms with E-state index in [0.717, 1.165) is 13.0 Å². The van der Waals surface area contributed by atoms with Gasteiger partial charge in [0.1, 0.15) is 0 Å². The molecule has 1 amide bonds. The molecule has 0 N–H and O–H groups in total. The lowest BCUT2D eigenvalue weighted by Crippen LogP contribution is -2.43. The number of halogens is 1. The molecule has 1 saturated carbocycles. The lowest BCUT2D eigenvalue weighted by molar-refractivity contribution is -0.139. The minimum Gasteiger partial charge on any atom is -0.339 e. The van der Waals surface area contributed by atoms with Gasteiger partial charge in [0.25, 0.3) is 0 Å². The van der Waals surface area contributed by atoms with Gasteiger partial charge in [0.2, 0.25) is 5.91 Å². The molecule has 0 aromatic heterocycles. The van der Waals surface area contributed by atoms with Gasteiger partial charge in [-0.15, -0.1) is 11.6 Å². The van der Waals surface area contributed by atoms with E-state index in [1.165, 1.54) is 12.8 Å². The largest absolute Gasteiger partial charge is 0.339 e. The van der Waals surface area contributed by atoms with Gasteiger partial charge in [-0.3, -0.25) is 4.79 Å². The van der Waals surface area contributed by atoms with Crippen LogP contribution in [0.25, 0.3) is 0 Å². The van der Waals surface area contributed by atoms with Crippen molar-refractivity contribution in [3.05, 3.63) is 0 Å². The Balaban J connectivity index is 2.62. The average molecular weight is 218 g/mol. The Bertz CT molecular complexity index is 211. The van der Waals surface area contributed by atoms with Crippen molar-refractivity contribution in [1.29, 1.82) is 0 Å². The third-order valence-corrected chi connectivity index (χ3v) is 3.29. The molecule has 2 nitrogen and oxygen atoms in total. The summed E-state index contributed by atoms with van der Waals surface area (Å²) in [7, 11) is 0. The fourth-order valence-electron chi connectivity index (χ4n) is 1.52. The van der Waals surface area contributed by atoms with E-state index in [2.05, 4.69) is 6.92 Å². The van der Waals surface area contributed by atoms with Crippen molar-refractivity contribution >= 4 is 17.5 Å². The van der Waals surface area contributed by atoms with Crippen LogP contribution < -0.4 is 0 Å². The molecule has 0 spiro atoms. The first-order chi connectivity index (χ1) is 6.53. The Morgan fingerprint density at radius 1 is 1.50 bits per heavy atom. The van der Waals surface area contributed by atoms with Crippen LogP contribution in [0.2, 0.25) is 0 Å². The summed E-state index contributed by atoms with van der Waals surface area (Å²) >= 11 is 5.81. The first-order valence-corrected chi connectivity index (χ1v) is 5.93. The van der Waals surface area contributed by atoms with Gasteiger partial charge in [0.15, 0.2) is 0 Å². The van der Waals surface area contributed by atoms with Crippen molar-refractivity contribution in [2.24, 2.45) is 5.41 Å². The van der Waals surface area contributed by atoms with Crippen molar-refractivity contribution in [3.8, 4) is 0 Å². The SMILES string of the molecule is CCCN(C(=O)C(C)(C)CCl)C1CC1. The van der Waals surface area contributed by atoms with E-state index >= 15 is 0 Å². The van der Waals surface area contributed by atoms with E-state index < -0.39 is 5.41 Å². The van der Waals surface area contributed by atoms with E-state index in [1.54, 1.807) is 0 Å². The smallest absolute Gasteiger partial charge is 0.229 e. The molecule has 0 radical (unpaired) electrons. The summed E-state index contributed by atoms with van der Waals surface area (Å²) in [6.45, 7) is 6.83. The van der Waals surface area contributed by atoms with Gasteiger partial charge in [0.05, 0.1) is 5.41 Å². The van der Waals surface area contributed by atoms with Crippen LogP contribution in [-0.2, 0) is 4.79 Å². The van der Waals surface area contributed by atoms with Crippen molar-refractivity contribution in [2.45, 2.75) is 46.1 Å². The number of nitrogens with zero attached hydrogens (tertiary/aromatic N) is 1. The molecule has 0 bridgehead atoms. The number of hydrogen-bond donors (Lipinski definition) is 0. The standard InChI is InChI=1S/C11H20ClNO/c1-4-7-13(9-5-6-9)10(14)11(2,3)8-12/h9H,4-8H2,1-3H3. The van der Waals surface area contributed by atoms with Crippen LogP contribution in [0.15, 0.2) is 0 Å². The van der Waals surface area contributed by atoms with Crippen molar-refractivity contribution in [2.75, 3.05) is 12.4 Å². The van der Waals surface area contributed by atoms with E-state index in [4.69, 9.17) is 11.6 Å². The number of amides is 1. The highest BCUT2D eigenvalue weighted by atomic mass is 35.5. The fraction of sp³-hybridized carbons (Fsp3) is 0.909. The molecule has 1 aliphatic carbocycles. The zero-order chi connectivity index (χ0) is 10.8. The van der Waals surface area contributed by atoms with Gasteiger partial charge in [-0.25, -0.2) is 0 Å². The molecule has 0 saturated heterocycles. The molecule has 0 aromatic carbocycles. The number of alkyl halides is 1. The molecular weight excluding hydrogens is 198 g/mol. The molecule has 1 aliphatic rings. The molecule has 1 fully saturated rings. The average Bonchev–Trinajstić information content (AvgIpc) is 2.96. The minimum atomic E-state index is -0.403. The second-order valence-corrected chi connectivity index (χ2v) is 5.01. The first kappa shape index (κ1) is 11.8. The summed E-state index contributed by atoms with van der Waals surface area (Å²) in [5, 5.41) is 0. The maximum atomic E-state index is 12.1. The maximum absolute atomic E-state index is 12.1. The molecule has 3 heteroatoms. The summed E-state index contributed by atoms with van der Waals surface area (Å²) in [6.07, 6.45) is 3.37. The van der Waals surface area contributed by atoms with Gasteiger partial charge in [-0.2, -0.15) is 0 Å². The molecule has 0 unspecified atom stereocenters. The Kier molecular flexibility index (Phi) is 3.82. The zero-order valence-corrected chi connectivity index (χ0v) is 10.1. The maximum Gasteiger partial charge on any atom is 0.229 e. The van der Waals surface area contributed by atoms with Gasteiger partial charge in [-0.1, -0.05) is 6.92 Å². The second kappa shape index (κ2) is 4.52. The molecular formula is C11H20ClNO. The molecule has 1 rings (SSSR count). The summed E-state index contributed by atoms with van der Waals surface area (Å²) in [6, 6.07) is 0.505. The Labute approximate surface area is 91.6 Å². The molecule has 82 valence electrons. The molecule has 0 heterocycles. The number of carbonyl (C=O) groups excluding carboxylic acids is 1. The van der Waals surface area contributed by atoms with Gasteiger partial charge < -0.3 is 4.90 Å². The van der Waals surface area contributed by atoms with E-state index in [9.17, 15) is 4.79 Å². The summed E-state index contributed by atoms with van der Waals surface area (Å²) in [5.74, 6) is 0.621. The Hall–Kier alpha value is -0.240. The topological polar surface area (TPSA) is 20.3 Å². The normalized spacial score (nSPS) is 16.9. The van der Waals surface area contributed by atoms with Crippen molar-refractivity contribution < 1.29 is 4.79 Å². The number of hydrogen-bond acceptors (Lipinski definition) is 1. The third-order valence-electron chi connectivity index (χ3n) is 2.63. The van der Waals surface area contributed by atoms with E-state index in [0.29, 0.717) is 11.9 Å². The van der Waals surface area contributed by atoms with Gasteiger partial charge >= 0.3 is 0 Å². The molecule has 0 aliphatic heterocycles. The monoisotopic (exact) mass is 217 g/mol. The van der Waals surface area contributed by atoms with Crippen LogP contribution >= 0.6 is 11.6 Å². The Morgan fingerprint density at radius 3 is 2.43 bits per heavy atom. The van der Waals surface area contributed by atoms with Gasteiger partial charge in [-0.05, 0) is 33.1 Å². The third kappa shape index (κ3) is 2.63. The minimum absolute atomic E-state index is 0.219. The van der Waals surface area contributed by atoms with Crippen LogP contribution in [0.5, 0.6) is 0 Å². The van der Waals surface area contributed by atoms with Crippen LogP contribution in [0, 0.1) is 5.41 Å². The highest BCUT2D eigenvalue weighted by Crippen LogP contribution is 2.31. The van der Waals surface area contributed by atoms with Crippen LogP contribution in [0.3, 0.4) is 0 Å². The predicted molar refractivity (Wildman–Crippen MR) is 59.5 cm³/mol. The van der Waals surface area contributed by atoms with Crippen LogP contribution in [0.4, 0.5) is 0 Å². The Morgan fingerprint density at radius 2 is 2.07 bits per heavy atom. The van der Waals surface area contributed by atoms with Crippen LogP contribution in [-0.4, -0.2) is 29.3 Å². The highest BCUT2D eigenvalue weighted by Gasteiger charge is 2.38. The first-order valence-electron chi connectivity index (χ1n) is 5.40. The van der Waals surface area contributed by atoms with E-state index in [1.807, 2.05) is 18.7 Å². The lowest BCUT2D eigenvalue weighted by Gasteiger charge is -2.30. The lowest BCUT2D eigenvalue weighted by atomic mass is 9.94. The summed E-state index contributed by atoms with van der Waals surface area (Å²) in [4.78, 5) is 14.1. The molecule has 0 aromatic rings. The predicted octanol–water partition coefficient (Wildman–Crippen LogP) is 2.65. The zero-order valence-electron chi connectivity index (χ0n) is 9.35. The second-order valence-electron chi connectivity index (χ2n) is 4.75. The fourth-order valence-corrected chi connectivity index (χ4v) is 1.64. The number of carbonyl (C=O) groups is 1. The van der Waals surface area contributed by atoms with Crippen LogP contribution in [0.1, 0.15) is 40.0 Å². The van der Waals surface area contributed by atoms with Crippen molar-refractivity contribution in [1.82, 2.24) is 4.90 Å². The van der Waals surface area contributed by atoms with Gasteiger partial charge in [0, 0.05) is 18.5 Å². The highest BCUT2D eigenvalue weighted by molar-refractivity contribution is 6.19. The summed E-state index contributed by atoms with van der Waals surface area (Å²) < 4.78 is 0. The van der Waals surface area contributed by atoms with E-state index in [-0.39, 0.29) is 5.91 Å².